The first-order chi connectivity index (χ1) is 13.0. The number of benzene rings is 1. The number of carbonyl (C=O) groups is 3. The fourth-order valence-corrected chi connectivity index (χ4v) is 5.57. The van der Waals surface area contributed by atoms with Crippen LogP contribution in [0.5, 0.6) is 0 Å². The molecule has 3 amide bonds. The topological polar surface area (TPSA) is 57.7 Å². The van der Waals surface area contributed by atoms with Crippen molar-refractivity contribution in [3.05, 3.63) is 42.0 Å². The van der Waals surface area contributed by atoms with Gasteiger partial charge in [-0.1, -0.05) is 31.2 Å². The van der Waals surface area contributed by atoms with Crippen molar-refractivity contribution in [1.29, 1.82) is 0 Å². The van der Waals surface area contributed by atoms with Gasteiger partial charge < -0.3 is 0 Å². The van der Waals surface area contributed by atoms with E-state index in [2.05, 4.69) is 19.1 Å². The van der Waals surface area contributed by atoms with Crippen molar-refractivity contribution in [2.24, 2.45) is 35.5 Å². The van der Waals surface area contributed by atoms with Gasteiger partial charge in [0.15, 0.2) is 0 Å². The third-order valence-electron chi connectivity index (χ3n) is 7.07. The van der Waals surface area contributed by atoms with Gasteiger partial charge in [-0.3, -0.25) is 24.2 Å². The quantitative estimate of drug-likeness (QED) is 0.610. The number of carbonyl (C=O) groups excluding carboxylic acids is 3. The summed E-state index contributed by atoms with van der Waals surface area (Å²) < 4.78 is 0. The minimum atomic E-state index is -0.215. The summed E-state index contributed by atoms with van der Waals surface area (Å²) in [7, 11) is 0. The Morgan fingerprint density at radius 3 is 2.07 bits per heavy atom. The summed E-state index contributed by atoms with van der Waals surface area (Å²) in [4.78, 5) is 41.4. The number of hydrogen-bond donors (Lipinski definition) is 0. The molecule has 1 aromatic carbocycles. The van der Waals surface area contributed by atoms with Gasteiger partial charge in [-0.05, 0) is 54.2 Å². The molecule has 0 N–H and O–H groups in total. The molecule has 5 aliphatic rings. The smallest absolute Gasteiger partial charge is 0.235 e. The minimum Gasteiger partial charge on any atom is -0.294 e. The van der Waals surface area contributed by atoms with E-state index in [9.17, 15) is 14.4 Å². The van der Waals surface area contributed by atoms with E-state index in [1.807, 2.05) is 24.3 Å². The molecule has 4 aliphatic carbocycles. The molecule has 5 heteroatoms. The van der Waals surface area contributed by atoms with Gasteiger partial charge in [-0.25, -0.2) is 0 Å². The summed E-state index contributed by atoms with van der Waals surface area (Å²) >= 11 is 0. The highest BCUT2D eigenvalue weighted by Gasteiger charge is 2.67. The van der Waals surface area contributed by atoms with E-state index in [0.29, 0.717) is 11.8 Å². The van der Waals surface area contributed by atoms with Crippen molar-refractivity contribution in [3.8, 4) is 0 Å². The second kappa shape index (κ2) is 5.78. The number of aryl methyl sites for hydroxylation is 1. The van der Waals surface area contributed by atoms with Crippen LogP contribution in [0.2, 0.25) is 0 Å². The van der Waals surface area contributed by atoms with Gasteiger partial charge in [-0.2, -0.15) is 0 Å². The maximum absolute atomic E-state index is 13.1. The Morgan fingerprint density at radius 2 is 1.59 bits per heavy atom. The third-order valence-corrected chi connectivity index (χ3v) is 7.07. The highest BCUT2D eigenvalue weighted by Crippen LogP contribution is 2.65. The van der Waals surface area contributed by atoms with E-state index >= 15 is 0 Å². The molecule has 2 saturated carbocycles. The van der Waals surface area contributed by atoms with E-state index in [1.165, 1.54) is 22.3 Å². The normalized spacial score (nSPS) is 35.3. The van der Waals surface area contributed by atoms with E-state index in [4.69, 9.17) is 0 Å². The monoisotopic (exact) mass is 364 g/mol. The molecule has 0 radical (unpaired) electrons. The predicted molar refractivity (Wildman–Crippen MR) is 100 cm³/mol. The van der Waals surface area contributed by atoms with Crippen LogP contribution in [0.1, 0.15) is 25.8 Å². The molecule has 1 aliphatic heterocycles. The van der Waals surface area contributed by atoms with Crippen LogP contribution in [0.25, 0.3) is 0 Å². The summed E-state index contributed by atoms with van der Waals surface area (Å²) in [6, 6.07) is 7.74. The fraction of sp³-hybridized carbons (Fsp3) is 0.500. The van der Waals surface area contributed by atoms with Gasteiger partial charge in [0.25, 0.3) is 0 Å². The Kier molecular flexibility index (Phi) is 3.58. The van der Waals surface area contributed by atoms with Crippen LogP contribution in [-0.2, 0) is 20.8 Å². The Bertz CT molecular complexity index is 823. The molecule has 5 nitrogen and oxygen atoms in total. The second-order valence-electron chi connectivity index (χ2n) is 8.37. The number of imide groups is 1. The standard InChI is InChI=1S/C22H24N2O3/c1-3-13-4-6-14(7-5-13)23(12(2)25)11-24-21(26)19-15-8-9-16(18-10-17(15)18)20(19)22(24)27/h4-9,15-20H,3,10-11H2,1-2H3/t15-,16-,17-,18+,19+,20+/m0/s1. The average molecular weight is 364 g/mol. The van der Waals surface area contributed by atoms with Crippen molar-refractivity contribution >= 4 is 23.4 Å². The van der Waals surface area contributed by atoms with Gasteiger partial charge in [0, 0.05) is 12.6 Å². The van der Waals surface area contributed by atoms with E-state index < -0.39 is 0 Å². The summed E-state index contributed by atoms with van der Waals surface area (Å²) in [5, 5.41) is 0. The number of allylic oxidation sites excluding steroid dienone is 2. The molecule has 1 saturated heterocycles. The summed E-state index contributed by atoms with van der Waals surface area (Å²) in [5.41, 5.74) is 1.91. The third kappa shape index (κ3) is 2.33. The second-order valence-corrected chi connectivity index (χ2v) is 8.37. The number of amides is 3. The molecule has 1 aromatic rings. The van der Waals surface area contributed by atoms with Crippen molar-refractivity contribution in [1.82, 2.24) is 4.90 Å². The van der Waals surface area contributed by atoms with Gasteiger partial charge >= 0.3 is 0 Å². The summed E-state index contributed by atoms with van der Waals surface area (Å²) in [6.45, 7) is 3.57. The molecular formula is C22H24N2O3. The molecule has 6 rings (SSSR count). The maximum atomic E-state index is 13.1. The average Bonchev–Trinajstić information content (AvgIpc) is 3.46. The van der Waals surface area contributed by atoms with E-state index in [0.717, 1.165) is 18.5 Å². The lowest BCUT2D eigenvalue weighted by molar-refractivity contribution is -0.140. The van der Waals surface area contributed by atoms with Crippen LogP contribution in [0.15, 0.2) is 36.4 Å². The van der Waals surface area contributed by atoms with Crippen molar-refractivity contribution < 1.29 is 14.4 Å². The number of likely N-dealkylation sites (tertiary alicyclic amines) is 1. The molecule has 1 heterocycles. The van der Waals surface area contributed by atoms with Crippen LogP contribution >= 0.6 is 0 Å². The largest absolute Gasteiger partial charge is 0.294 e. The van der Waals surface area contributed by atoms with Crippen LogP contribution in [0.3, 0.4) is 0 Å². The van der Waals surface area contributed by atoms with Crippen LogP contribution in [-0.4, -0.2) is 29.3 Å². The van der Waals surface area contributed by atoms with Crippen molar-refractivity contribution in [3.63, 3.8) is 0 Å². The SMILES string of the molecule is CCc1ccc(N(CN2C(=O)[C@@H]3[C@H]4C=C[C@@H]([C@@H]5C[C@H]45)[C@H]3C2=O)C(C)=O)cc1. The Balaban J connectivity index is 1.42. The number of rotatable bonds is 4. The number of hydrogen-bond acceptors (Lipinski definition) is 3. The first-order valence-electron chi connectivity index (χ1n) is 9.92. The van der Waals surface area contributed by atoms with Gasteiger partial charge in [-0.15, -0.1) is 0 Å². The van der Waals surface area contributed by atoms with Gasteiger partial charge in [0.2, 0.25) is 17.7 Å². The highest BCUT2D eigenvalue weighted by atomic mass is 16.2. The van der Waals surface area contributed by atoms with Crippen molar-refractivity contribution in [2.45, 2.75) is 26.7 Å². The predicted octanol–water partition coefficient (Wildman–Crippen LogP) is 2.61. The zero-order chi connectivity index (χ0) is 18.9. The Morgan fingerprint density at radius 1 is 1.04 bits per heavy atom. The molecular weight excluding hydrogens is 340 g/mol. The molecule has 3 fully saturated rings. The first kappa shape index (κ1) is 16.7. The van der Waals surface area contributed by atoms with Gasteiger partial charge in [0.05, 0.1) is 11.8 Å². The number of nitrogens with zero attached hydrogens (tertiary/aromatic N) is 2. The fourth-order valence-electron chi connectivity index (χ4n) is 5.57. The molecule has 27 heavy (non-hydrogen) atoms. The first-order valence-corrected chi connectivity index (χ1v) is 9.92. The minimum absolute atomic E-state index is 0.0141. The number of anilines is 1. The molecule has 0 aromatic heterocycles. The van der Waals surface area contributed by atoms with E-state index in [-0.39, 0.29) is 48.1 Å². The molecule has 2 bridgehead atoms. The maximum Gasteiger partial charge on any atom is 0.235 e. The van der Waals surface area contributed by atoms with E-state index in [1.54, 1.807) is 0 Å². The zero-order valence-corrected chi connectivity index (χ0v) is 15.7. The summed E-state index contributed by atoms with van der Waals surface area (Å²) in [6.07, 6.45) is 6.41. The Hall–Kier alpha value is -2.43. The highest BCUT2D eigenvalue weighted by molar-refractivity contribution is 6.07. The van der Waals surface area contributed by atoms with Crippen LogP contribution < -0.4 is 4.90 Å². The van der Waals surface area contributed by atoms with Gasteiger partial charge in [0.1, 0.15) is 6.67 Å². The molecule has 6 atom stereocenters. The molecule has 0 unspecified atom stereocenters. The summed E-state index contributed by atoms with van der Waals surface area (Å²) in [5.74, 6) is 0.810. The lowest BCUT2D eigenvalue weighted by Crippen LogP contribution is -2.44. The molecule has 140 valence electrons. The lowest BCUT2D eigenvalue weighted by Gasteiger charge is -2.37. The van der Waals surface area contributed by atoms with Crippen LogP contribution in [0.4, 0.5) is 5.69 Å². The Labute approximate surface area is 159 Å². The lowest BCUT2D eigenvalue weighted by atomic mass is 9.63. The molecule has 0 spiro atoms. The van der Waals surface area contributed by atoms with Crippen LogP contribution in [0, 0.1) is 35.5 Å². The zero-order valence-electron chi connectivity index (χ0n) is 15.7. The van der Waals surface area contributed by atoms with Crippen molar-refractivity contribution in [2.75, 3.05) is 11.6 Å².